The van der Waals surface area contributed by atoms with Crippen LogP contribution in [0.3, 0.4) is 0 Å². The number of thiazole rings is 1. The molecule has 0 N–H and O–H groups in total. The molecule has 0 aliphatic carbocycles. The van der Waals surface area contributed by atoms with Crippen molar-refractivity contribution >= 4 is 62.8 Å². The second-order valence-electron chi connectivity index (χ2n) is 4.74. The molecule has 0 amide bonds. The van der Waals surface area contributed by atoms with E-state index in [1.165, 1.54) is 0 Å². The summed E-state index contributed by atoms with van der Waals surface area (Å²) in [4.78, 5) is 18.2. The first kappa shape index (κ1) is 15.6. The van der Waals surface area contributed by atoms with Crippen LogP contribution in [0.4, 0.5) is 5.69 Å². The van der Waals surface area contributed by atoms with Gasteiger partial charge >= 0.3 is 5.63 Å². The molecule has 22 heavy (non-hydrogen) atoms. The van der Waals surface area contributed by atoms with Crippen LogP contribution in [-0.4, -0.2) is 19.1 Å². The second-order valence-corrected chi connectivity index (χ2v) is 7.07. The molecule has 4 nitrogen and oxygen atoms in total. The van der Waals surface area contributed by atoms with E-state index in [4.69, 9.17) is 39.2 Å². The van der Waals surface area contributed by atoms with Crippen LogP contribution in [0, 0.1) is 0 Å². The third kappa shape index (κ3) is 2.58. The van der Waals surface area contributed by atoms with Crippen molar-refractivity contribution in [1.29, 1.82) is 0 Å². The van der Waals surface area contributed by atoms with E-state index in [0.29, 0.717) is 20.3 Å². The summed E-state index contributed by atoms with van der Waals surface area (Å²) in [7, 11) is 3.80. The highest BCUT2D eigenvalue weighted by Gasteiger charge is 2.20. The van der Waals surface area contributed by atoms with E-state index in [0.717, 1.165) is 17.0 Å². The Hall–Kier alpha value is -1.27. The smallest absolute Gasteiger partial charge is 0.348 e. The van der Waals surface area contributed by atoms with Crippen molar-refractivity contribution in [2.45, 2.75) is 0 Å². The molecular formula is C14H9Cl3N2O2S. The largest absolute Gasteiger partial charge is 0.422 e. The molecule has 0 fully saturated rings. The van der Waals surface area contributed by atoms with Gasteiger partial charge in [0.15, 0.2) is 5.15 Å². The van der Waals surface area contributed by atoms with Gasteiger partial charge in [0.1, 0.15) is 20.5 Å². The van der Waals surface area contributed by atoms with Crippen molar-refractivity contribution in [2.24, 2.45) is 0 Å². The Balaban J connectivity index is 2.29. The average molecular weight is 376 g/mol. The van der Waals surface area contributed by atoms with Gasteiger partial charge in [-0.15, -0.1) is 0 Å². The molecule has 0 saturated carbocycles. The third-order valence-corrected chi connectivity index (χ3v) is 5.25. The van der Waals surface area contributed by atoms with Gasteiger partial charge in [0, 0.05) is 31.2 Å². The van der Waals surface area contributed by atoms with Gasteiger partial charge in [-0.2, -0.15) is 0 Å². The molecule has 0 aliphatic heterocycles. The van der Waals surface area contributed by atoms with Crippen molar-refractivity contribution in [2.75, 3.05) is 19.0 Å². The number of aromatic nitrogens is 1. The summed E-state index contributed by atoms with van der Waals surface area (Å²) in [5.74, 6) is 0. The SMILES string of the molecule is CN(C)c1ccc2c(Cl)c(-c3nc(Cl)c(Cl)s3)c(=O)oc2c1. The molecule has 1 aromatic carbocycles. The minimum atomic E-state index is -0.574. The lowest BCUT2D eigenvalue weighted by Gasteiger charge is -2.13. The number of hydrogen-bond acceptors (Lipinski definition) is 5. The fraction of sp³-hybridized carbons (Fsp3) is 0.143. The number of rotatable bonds is 2. The van der Waals surface area contributed by atoms with Crippen LogP contribution in [0.15, 0.2) is 27.4 Å². The van der Waals surface area contributed by atoms with Crippen LogP contribution in [0.5, 0.6) is 0 Å². The summed E-state index contributed by atoms with van der Waals surface area (Å²) >= 11 is 19.2. The Kier molecular flexibility index (Phi) is 4.07. The fourth-order valence-corrected chi connectivity index (χ4v) is 3.62. The lowest BCUT2D eigenvalue weighted by Crippen LogP contribution is -2.09. The summed E-state index contributed by atoms with van der Waals surface area (Å²) in [6, 6.07) is 5.45. The molecule has 0 aliphatic rings. The molecule has 114 valence electrons. The molecule has 8 heteroatoms. The highest BCUT2D eigenvalue weighted by atomic mass is 35.5. The first-order valence-corrected chi connectivity index (χ1v) is 8.09. The van der Waals surface area contributed by atoms with Crippen LogP contribution in [0.2, 0.25) is 14.5 Å². The van der Waals surface area contributed by atoms with Gasteiger partial charge in [0.05, 0.1) is 5.02 Å². The van der Waals surface area contributed by atoms with Crippen molar-refractivity contribution in [1.82, 2.24) is 4.98 Å². The zero-order chi connectivity index (χ0) is 16.0. The molecule has 0 atom stereocenters. The molecule has 3 aromatic rings. The summed E-state index contributed by atoms with van der Waals surface area (Å²) in [5.41, 5.74) is 0.916. The first-order chi connectivity index (χ1) is 10.4. The number of anilines is 1. The highest BCUT2D eigenvalue weighted by molar-refractivity contribution is 7.19. The maximum atomic E-state index is 12.3. The Morgan fingerprint density at radius 1 is 1.23 bits per heavy atom. The fourth-order valence-electron chi connectivity index (χ4n) is 2.00. The highest BCUT2D eigenvalue weighted by Crippen LogP contribution is 2.38. The normalized spacial score (nSPS) is 11.1. The van der Waals surface area contributed by atoms with Gasteiger partial charge in [-0.1, -0.05) is 46.1 Å². The Morgan fingerprint density at radius 2 is 1.95 bits per heavy atom. The molecule has 0 unspecified atom stereocenters. The number of halogens is 3. The maximum Gasteiger partial charge on any atom is 0.348 e. The van der Waals surface area contributed by atoms with Gasteiger partial charge in [-0.25, -0.2) is 9.78 Å². The average Bonchev–Trinajstić information content (AvgIpc) is 2.77. The molecule has 0 radical (unpaired) electrons. The van der Waals surface area contributed by atoms with Gasteiger partial charge in [0.2, 0.25) is 0 Å². The summed E-state index contributed by atoms with van der Waals surface area (Å²) < 4.78 is 5.68. The zero-order valence-corrected chi connectivity index (χ0v) is 14.6. The van der Waals surface area contributed by atoms with E-state index >= 15 is 0 Å². The number of benzene rings is 1. The Bertz CT molecular complexity index is 914. The van der Waals surface area contributed by atoms with E-state index in [1.807, 2.05) is 25.1 Å². The molecule has 3 rings (SSSR count). The molecule has 0 spiro atoms. The van der Waals surface area contributed by atoms with Crippen molar-refractivity contribution in [3.8, 4) is 10.6 Å². The second kappa shape index (κ2) is 5.74. The maximum absolute atomic E-state index is 12.3. The Morgan fingerprint density at radius 3 is 2.55 bits per heavy atom. The molecule has 2 aromatic heterocycles. The van der Waals surface area contributed by atoms with Gasteiger partial charge in [-0.05, 0) is 12.1 Å². The van der Waals surface area contributed by atoms with Gasteiger partial charge in [-0.3, -0.25) is 0 Å². The lowest BCUT2D eigenvalue weighted by atomic mass is 10.1. The molecule has 0 saturated heterocycles. The van der Waals surface area contributed by atoms with E-state index in [9.17, 15) is 4.79 Å². The van der Waals surface area contributed by atoms with Crippen LogP contribution in [0.25, 0.3) is 21.5 Å². The lowest BCUT2D eigenvalue weighted by molar-refractivity contribution is 0.563. The zero-order valence-electron chi connectivity index (χ0n) is 11.5. The third-order valence-electron chi connectivity index (χ3n) is 3.11. The Labute approximate surface area is 144 Å². The summed E-state index contributed by atoms with van der Waals surface area (Å²) in [6.07, 6.45) is 0. The molecular weight excluding hydrogens is 367 g/mol. The summed E-state index contributed by atoms with van der Waals surface area (Å²) in [6.45, 7) is 0. The van der Waals surface area contributed by atoms with Crippen LogP contribution in [-0.2, 0) is 0 Å². The van der Waals surface area contributed by atoms with Crippen LogP contribution >= 0.6 is 46.1 Å². The number of nitrogens with zero attached hydrogens (tertiary/aromatic N) is 2. The molecule has 0 bridgehead atoms. The standard InChI is InChI=1S/C14H9Cl3N2O2S/c1-19(2)6-3-4-7-8(5-6)21-14(20)9(10(7)15)13-18-11(16)12(17)22-13/h3-5H,1-2H3. The monoisotopic (exact) mass is 374 g/mol. The van der Waals surface area contributed by atoms with Crippen molar-refractivity contribution in [3.63, 3.8) is 0 Å². The summed E-state index contributed by atoms with van der Waals surface area (Å²) in [5, 5.41) is 1.38. The number of fused-ring (bicyclic) bond motifs is 1. The van der Waals surface area contributed by atoms with Crippen molar-refractivity contribution in [3.05, 3.63) is 43.1 Å². The van der Waals surface area contributed by atoms with Crippen LogP contribution < -0.4 is 10.5 Å². The number of hydrogen-bond donors (Lipinski definition) is 0. The minimum absolute atomic E-state index is 0.139. The van der Waals surface area contributed by atoms with E-state index in [-0.39, 0.29) is 15.7 Å². The molecule has 2 heterocycles. The van der Waals surface area contributed by atoms with Crippen LogP contribution in [0.1, 0.15) is 0 Å². The van der Waals surface area contributed by atoms with E-state index in [1.54, 1.807) is 12.1 Å². The first-order valence-electron chi connectivity index (χ1n) is 6.14. The van der Waals surface area contributed by atoms with Gasteiger partial charge < -0.3 is 9.32 Å². The van der Waals surface area contributed by atoms with Gasteiger partial charge in [0.25, 0.3) is 0 Å². The van der Waals surface area contributed by atoms with E-state index in [2.05, 4.69) is 4.98 Å². The predicted molar refractivity (Wildman–Crippen MR) is 92.9 cm³/mol. The minimum Gasteiger partial charge on any atom is -0.422 e. The quantitative estimate of drug-likeness (QED) is 0.595. The predicted octanol–water partition coefficient (Wildman–Crippen LogP) is 4.94. The van der Waals surface area contributed by atoms with E-state index < -0.39 is 5.63 Å². The topological polar surface area (TPSA) is 46.3 Å². The van der Waals surface area contributed by atoms with Crippen molar-refractivity contribution < 1.29 is 4.42 Å².